The second kappa shape index (κ2) is 7.55. The second-order valence-electron chi connectivity index (χ2n) is 6.59. The summed E-state index contributed by atoms with van der Waals surface area (Å²) in [6.07, 6.45) is 1.91. The third-order valence-corrected chi connectivity index (χ3v) is 7.24. The van der Waals surface area contributed by atoms with E-state index in [2.05, 4.69) is 10.4 Å². The maximum absolute atomic E-state index is 12.8. The normalized spacial score (nSPS) is 20.6. The third-order valence-electron chi connectivity index (χ3n) is 4.93. The molecule has 1 amide bonds. The minimum absolute atomic E-state index is 0.0147. The SMILES string of the molecule is COc1ccc([C@H]2SCC(=O)Nc3c2c(=O)[nH]n3C2CCSCC2)cc1O. The number of hydrogen-bond donors (Lipinski definition) is 3. The molecule has 1 aromatic carbocycles. The number of carbonyl (C=O) groups is 1. The minimum atomic E-state index is -0.348. The number of rotatable bonds is 3. The van der Waals surface area contributed by atoms with Crippen LogP contribution in [0.15, 0.2) is 23.0 Å². The average molecular weight is 408 g/mol. The Morgan fingerprint density at radius 2 is 2.04 bits per heavy atom. The van der Waals surface area contributed by atoms with Crippen molar-refractivity contribution in [1.82, 2.24) is 9.78 Å². The number of phenols is 1. The molecule has 0 bridgehead atoms. The smallest absolute Gasteiger partial charge is 0.270 e. The zero-order valence-corrected chi connectivity index (χ0v) is 16.5. The summed E-state index contributed by atoms with van der Waals surface area (Å²) in [4.78, 5) is 25.1. The lowest BCUT2D eigenvalue weighted by Crippen LogP contribution is -2.22. The molecule has 1 saturated heterocycles. The number of carbonyl (C=O) groups excluding carboxylic acids is 1. The lowest BCUT2D eigenvalue weighted by Gasteiger charge is -2.24. The number of fused-ring (bicyclic) bond motifs is 1. The van der Waals surface area contributed by atoms with Gasteiger partial charge in [0.1, 0.15) is 5.82 Å². The van der Waals surface area contributed by atoms with Crippen LogP contribution in [0, 0.1) is 0 Å². The molecule has 144 valence electrons. The fourth-order valence-corrected chi connectivity index (χ4v) is 5.79. The number of nitrogens with one attached hydrogen (secondary N) is 2. The van der Waals surface area contributed by atoms with Crippen molar-refractivity contribution >= 4 is 35.2 Å². The van der Waals surface area contributed by atoms with Gasteiger partial charge in [-0.05, 0) is 42.0 Å². The average Bonchev–Trinajstić information content (AvgIpc) is 2.88. The number of methoxy groups -OCH3 is 1. The van der Waals surface area contributed by atoms with Crippen molar-refractivity contribution < 1.29 is 14.6 Å². The van der Waals surface area contributed by atoms with Crippen LogP contribution in [0.25, 0.3) is 0 Å². The number of amides is 1. The van der Waals surface area contributed by atoms with Gasteiger partial charge in [0.05, 0.1) is 29.7 Å². The largest absolute Gasteiger partial charge is 0.504 e. The Balaban J connectivity index is 1.80. The molecule has 1 atom stereocenters. The summed E-state index contributed by atoms with van der Waals surface area (Å²) < 4.78 is 6.95. The highest BCUT2D eigenvalue weighted by Gasteiger charge is 2.32. The monoisotopic (exact) mass is 407 g/mol. The first-order valence-electron chi connectivity index (χ1n) is 8.79. The zero-order chi connectivity index (χ0) is 19.0. The molecule has 4 rings (SSSR count). The first kappa shape index (κ1) is 18.4. The summed E-state index contributed by atoms with van der Waals surface area (Å²) >= 11 is 3.29. The number of thioether (sulfide) groups is 2. The molecule has 27 heavy (non-hydrogen) atoms. The van der Waals surface area contributed by atoms with Gasteiger partial charge in [-0.1, -0.05) is 6.07 Å². The molecular weight excluding hydrogens is 386 g/mol. The summed E-state index contributed by atoms with van der Waals surface area (Å²) in [5.74, 6) is 3.15. The summed E-state index contributed by atoms with van der Waals surface area (Å²) in [7, 11) is 1.49. The maximum atomic E-state index is 12.8. The van der Waals surface area contributed by atoms with Crippen LogP contribution in [0.4, 0.5) is 5.82 Å². The van der Waals surface area contributed by atoms with Gasteiger partial charge in [0, 0.05) is 0 Å². The first-order valence-corrected chi connectivity index (χ1v) is 11.0. The van der Waals surface area contributed by atoms with Crippen LogP contribution in [-0.2, 0) is 4.79 Å². The third kappa shape index (κ3) is 3.45. The van der Waals surface area contributed by atoms with Crippen molar-refractivity contribution in [2.24, 2.45) is 0 Å². The van der Waals surface area contributed by atoms with E-state index in [1.54, 1.807) is 12.1 Å². The first-order chi connectivity index (χ1) is 13.1. The van der Waals surface area contributed by atoms with Crippen LogP contribution >= 0.6 is 23.5 Å². The molecule has 2 aliphatic rings. The van der Waals surface area contributed by atoms with Crippen LogP contribution in [-0.4, -0.2) is 45.2 Å². The molecular formula is C18H21N3O4S2. The van der Waals surface area contributed by atoms with Crippen molar-refractivity contribution in [1.29, 1.82) is 0 Å². The Bertz CT molecular complexity index is 918. The highest BCUT2D eigenvalue weighted by atomic mass is 32.2. The number of nitrogens with zero attached hydrogens (tertiary/aromatic N) is 1. The predicted molar refractivity (Wildman–Crippen MR) is 108 cm³/mol. The van der Waals surface area contributed by atoms with E-state index < -0.39 is 0 Å². The molecule has 0 unspecified atom stereocenters. The van der Waals surface area contributed by atoms with Gasteiger partial charge in [0.25, 0.3) is 5.56 Å². The number of phenolic OH excluding ortho intramolecular Hbond substituents is 1. The molecule has 1 aromatic heterocycles. The number of aromatic amines is 1. The van der Waals surface area contributed by atoms with E-state index >= 15 is 0 Å². The number of ether oxygens (including phenoxy) is 1. The summed E-state index contributed by atoms with van der Waals surface area (Å²) in [5.41, 5.74) is 1.10. The highest BCUT2D eigenvalue weighted by molar-refractivity contribution is 8.00. The highest BCUT2D eigenvalue weighted by Crippen LogP contribution is 2.43. The predicted octanol–water partition coefficient (Wildman–Crippen LogP) is 2.73. The molecule has 9 heteroatoms. The number of H-pyrrole nitrogens is 1. The molecule has 0 aliphatic carbocycles. The molecule has 7 nitrogen and oxygen atoms in total. The topological polar surface area (TPSA) is 96.4 Å². The van der Waals surface area contributed by atoms with Gasteiger partial charge in [0.2, 0.25) is 5.91 Å². The van der Waals surface area contributed by atoms with Crippen LogP contribution < -0.4 is 15.6 Å². The maximum Gasteiger partial charge on any atom is 0.270 e. The van der Waals surface area contributed by atoms with Crippen molar-refractivity contribution in [3.8, 4) is 11.5 Å². The Morgan fingerprint density at radius 3 is 2.74 bits per heavy atom. The molecule has 0 radical (unpaired) electrons. The molecule has 0 saturated carbocycles. The second-order valence-corrected chi connectivity index (χ2v) is 8.91. The molecule has 2 aromatic rings. The van der Waals surface area contributed by atoms with E-state index in [9.17, 15) is 14.7 Å². The van der Waals surface area contributed by atoms with Gasteiger partial charge < -0.3 is 15.2 Å². The molecule has 1 fully saturated rings. The van der Waals surface area contributed by atoms with Crippen LogP contribution in [0.1, 0.15) is 35.3 Å². The van der Waals surface area contributed by atoms with Gasteiger partial charge in [0.15, 0.2) is 11.5 Å². The van der Waals surface area contributed by atoms with Gasteiger partial charge in [-0.25, -0.2) is 0 Å². The van der Waals surface area contributed by atoms with Gasteiger partial charge in [-0.2, -0.15) is 11.8 Å². The number of benzene rings is 1. The van der Waals surface area contributed by atoms with Crippen molar-refractivity contribution in [3.05, 3.63) is 39.7 Å². The molecule has 0 spiro atoms. The van der Waals surface area contributed by atoms with E-state index in [1.165, 1.54) is 18.9 Å². The quantitative estimate of drug-likeness (QED) is 0.724. The van der Waals surface area contributed by atoms with Crippen molar-refractivity contribution in [2.45, 2.75) is 24.1 Å². The van der Waals surface area contributed by atoms with E-state index in [-0.39, 0.29) is 34.3 Å². The summed E-state index contributed by atoms with van der Waals surface area (Å²) in [5, 5.41) is 15.7. The Hall–Kier alpha value is -2.00. The van der Waals surface area contributed by atoms with E-state index in [0.29, 0.717) is 17.1 Å². The minimum Gasteiger partial charge on any atom is -0.504 e. The fourth-order valence-electron chi connectivity index (χ4n) is 3.59. The Kier molecular flexibility index (Phi) is 5.14. The Labute approximate surface area is 164 Å². The van der Waals surface area contributed by atoms with Gasteiger partial charge in [-0.15, -0.1) is 11.8 Å². The summed E-state index contributed by atoms with van der Waals surface area (Å²) in [6.45, 7) is 0. The van der Waals surface area contributed by atoms with Crippen LogP contribution in [0.3, 0.4) is 0 Å². The van der Waals surface area contributed by atoms with Crippen LogP contribution in [0.5, 0.6) is 11.5 Å². The van der Waals surface area contributed by atoms with E-state index in [4.69, 9.17) is 4.74 Å². The van der Waals surface area contributed by atoms with Crippen LogP contribution in [0.2, 0.25) is 0 Å². The molecule has 2 aliphatic heterocycles. The lowest BCUT2D eigenvalue weighted by atomic mass is 10.1. The Morgan fingerprint density at radius 1 is 1.26 bits per heavy atom. The summed E-state index contributed by atoms with van der Waals surface area (Å²) in [6, 6.07) is 5.28. The number of aromatic hydroxyl groups is 1. The van der Waals surface area contributed by atoms with E-state index in [0.717, 1.165) is 29.9 Å². The fraction of sp³-hybridized carbons (Fsp3) is 0.444. The number of aromatic nitrogens is 2. The molecule has 3 N–H and O–H groups in total. The number of hydrogen-bond acceptors (Lipinski definition) is 6. The zero-order valence-electron chi connectivity index (χ0n) is 14.9. The lowest BCUT2D eigenvalue weighted by molar-refractivity contribution is -0.113. The molecule has 3 heterocycles. The van der Waals surface area contributed by atoms with Crippen molar-refractivity contribution in [2.75, 3.05) is 29.7 Å². The standard InChI is InChI=1S/C18H21N3O4S2/c1-25-13-3-2-10(8-12(13)22)16-15-17(19-14(23)9-27-16)21(20-18(15)24)11-4-6-26-7-5-11/h2-3,8,11,16,22H,4-7,9H2,1H3,(H,19,23)(H,20,24)/t16-/m1/s1. The number of anilines is 1. The van der Waals surface area contributed by atoms with Gasteiger partial charge in [-0.3, -0.25) is 19.4 Å². The van der Waals surface area contributed by atoms with Crippen molar-refractivity contribution in [3.63, 3.8) is 0 Å². The van der Waals surface area contributed by atoms with Gasteiger partial charge >= 0.3 is 0 Å². The van der Waals surface area contributed by atoms with E-state index in [1.807, 2.05) is 22.5 Å².